The number of pyridine rings is 1. The highest BCUT2D eigenvalue weighted by atomic mass is 16.2. The average Bonchev–Trinajstić information content (AvgIpc) is 3.36. The number of rotatable bonds is 4. The fraction of sp³-hybridized carbons (Fsp3) is 0.0909. The summed E-state index contributed by atoms with van der Waals surface area (Å²) >= 11 is 0. The number of nitrogens with one attached hydrogen (secondary N) is 3. The van der Waals surface area contributed by atoms with Crippen molar-refractivity contribution >= 4 is 33.5 Å². The van der Waals surface area contributed by atoms with Gasteiger partial charge in [-0.15, -0.1) is 0 Å². The van der Waals surface area contributed by atoms with E-state index in [1.165, 1.54) is 0 Å². The minimum absolute atomic E-state index is 0.148. The molecular formula is C22H19N7O. The molecule has 5 N–H and O–H groups in total. The second-order valence-electron chi connectivity index (χ2n) is 7.16. The van der Waals surface area contributed by atoms with Crippen molar-refractivity contribution in [3.05, 3.63) is 72.3 Å². The number of imidazole rings is 1. The van der Waals surface area contributed by atoms with E-state index in [2.05, 4.69) is 30.5 Å². The van der Waals surface area contributed by atoms with Gasteiger partial charge in [0.15, 0.2) is 0 Å². The van der Waals surface area contributed by atoms with Gasteiger partial charge < -0.3 is 16.1 Å². The zero-order valence-corrected chi connectivity index (χ0v) is 16.2. The minimum Gasteiger partial charge on any atom is -0.399 e. The SMILES string of the molecule is CC(NC(=O)c1nc2cc3[nH][nH]c(-c4ccncc4)c3cc2n1)c1ccc(N)cc1. The Hall–Kier alpha value is -4.20. The van der Waals surface area contributed by atoms with Gasteiger partial charge in [-0.25, -0.2) is 9.97 Å². The van der Waals surface area contributed by atoms with Crippen LogP contribution in [0.5, 0.6) is 0 Å². The Labute approximate surface area is 171 Å². The molecule has 0 aliphatic rings. The summed E-state index contributed by atoms with van der Waals surface area (Å²) in [6.45, 7) is 1.91. The van der Waals surface area contributed by atoms with E-state index in [0.717, 1.165) is 27.7 Å². The number of aromatic nitrogens is 5. The smallest absolute Gasteiger partial charge is 0.289 e. The van der Waals surface area contributed by atoms with Crippen molar-refractivity contribution < 1.29 is 4.79 Å². The summed E-state index contributed by atoms with van der Waals surface area (Å²) in [5, 5.41) is 10.2. The van der Waals surface area contributed by atoms with Crippen LogP contribution in [0.3, 0.4) is 0 Å². The highest BCUT2D eigenvalue weighted by Gasteiger charge is 2.18. The van der Waals surface area contributed by atoms with E-state index in [1.807, 2.05) is 55.5 Å². The number of aromatic amines is 2. The summed E-state index contributed by atoms with van der Waals surface area (Å²) in [5.74, 6) is -0.172. The quantitative estimate of drug-likeness (QED) is 0.345. The maximum absolute atomic E-state index is 12.7. The van der Waals surface area contributed by atoms with Gasteiger partial charge in [0.05, 0.1) is 28.3 Å². The molecule has 5 rings (SSSR count). The van der Waals surface area contributed by atoms with Gasteiger partial charge in [0.1, 0.15) is 0 Å². The van der Waals surface area contributed by atoms with Crippen LogP contribution in [-0.4, -0.2) is 31.1 Å². The number of anilines is 1. The van der Waals surface area contributed by atoms with E-state index in [0.29, 0.717) is 16.7 Å². The van der Waals surface area contributed by atoms with Crippen molar-refractivity contribution in [1.29, 1.82) is 0 Å². The molecule has 0 aliphatic heterocycles. The lowest BCUT2D eigenvalue weighted by molar-refractivity contribution is 0.0930. The third kappa shape index (κ3) is 3.14. The van der Waals surface area contributed by atoms with Crippen LogP contribution in [0.4, 0.5) is 5.69 Å². The average molecular weight is 397 g/mol. The molecule has 0 spiro atoms. The Balaban J connectivity index is 1.45. The van der Waals surface area contributed by atoms with Gasteiger partial charge in [-0.2, -0.15) is 0 Å². The van der Waals surface area contributed by atoms with E-state index in [-0.39, 0.29) is 17.8 Å². The summed E-state index contributed by atoms with van der Waals surface area (Å²) < 4.78 is 0. The molecule has 2 aromatic carbocycles. The number of fused-ring (bicyclic) bond motifs is 2. The Morgan fingerprint density at radius 3 is 2.43 bits per heavy atom. The summed E-state index contributed by atoms with van der Waals surface area (Å²) in [5.41, 5.74) is 11.5. The number of nitrogens with two attached hydrogens (primary N) is 1. The Morgan fingerprint density at radius 2 is 1.70 bits per heavy atom. The van der Waals surface area contributed by atoms with E-state index in [4.69, 9.17) is 5.73 Å². The van der Waals surface area contributed by atoms with Crippen LogP contribution in [-0.2, 0) is 0 Å². The normalized spacial score (nSPS) is 12.3. The molecule has 0 aliphatic carbocycles. The Bertz CT molecular complexity index is 1350. The molecule has 0 saturated carbocycles. The fourth-order valence-corrected chi connectivity index (χ4v) is 3.49. The number of hydrogen-bond donors (Lipinski definition) is 4. The minimum atomic E-state index is -0.319. The first-order chi connectivity index (χ1) is 14.6. The molecular weight excluding hydrogens is 378 g/mol. The van der Waals surface area contributed by atoms with Crippen molar-refractivity contribution in [2.75, 3.05) is 5.73 Å². The van der Waals surface area contributed by atoms with E-state index in [1.54, 1.807) is 12.4 Å². The molecule has 0 radical (unpaired) electrons. The summed E-state index contributed by atoms with van der Waals surface area (Å²) in [6.07, 6.45) is 3.49. The topological polar surface area (TPSA) is 125 Å². The zero-order valence-electron chi connectivity index (χ0n) is 16.2. The largest absolute Gasteiger partial charge is 0.399 e. The molecule has 3 aromatic heterocycles. The maximum Gasteiger partial charge on any atom is 0.289 e. The fourth-order valence-electron chi connectivity index (χ4n) is 3.49. The van der Waals surface area contributed by atoms with Gasteiger partial charge in [-0.3, -0.25) is 14.9 Å². The van der Waals surface area contributed by atoms with Crippen LogP contribution < -0.4 is 11.1 Å². The van der Waals surface area contributed by atoms with Crippen LogP contribution in [0, 0.1) is 0 Å². The Kier molecular flexibility index (Phi) is 4.17. The van der Waals surface area contributed by atoms with Crippen LogP contribution in [0.15, 0.2) is 60.9 Å². The number of nitrogen functional groups attached to an aromatic ring is 1. The zero-order chi connectivity index (χ0) is 20.7. The molecule has 8 nitrogen and oxygen atoms in total. The Morgan fingerprint density at radius 1 is 1.00 bits per heavy atom. The second-order valence-corrected chi connectivity index (χ2v) is 7.16. The van der Waals surface area contributed by atoms with E-state index >= 15 is 0 Å². The molecule has 148 valence electrons. The highest BCUT2D eigenvalue weighted by Crippen LogP contribution is 2.29. The summed E-state index contributed by atoms with van der Waals surface area (Å²) in [4.78, 5) is 25.6. The molecule has 3 heterocycles. The van der Waals surface area contributed by atoms with Gasteiger partial charge in [0.2, 0.25) is 5.82 Å². The number of amides is 1. The molecule has 30 heavy (non-hydrogen) atoms. The van der Waals surface area contributed by atoms with Gasteiger partial charge in [0, 0.05) is 29.0 Å². The predicted octanol–water partition coefficient (Wildman–Crippen LogP) is 3.57. The third-order valence-electron chi connectivity index (χ3n) is 5.12. The van der Waals surface area contributed by atoms with Crippen LogP contribution in [0.2, 0.25) is 0 Å². The molecule has 5 aromatic rings. The van der Waals surface area contributed by atoms with E-state index < -0.39 is 0 Å². The molecule has 1 unspecified atom stereocenters. The van der Waals surface area contributed by atoms with Crippen LogP contribution >= 0.6 is 0 Å². The molecule has 0 saturated heterocycles. The number of H-pyrrole nitrogens is 2. The van der Waals surface area contributed by atoms with Gasteiger partial charge in [-0.1, -0.05) is 12.1 Å². The second kappa shape index (κ2) is 7.00. The summed E-state index contributed by atoms with van der Waals surface area (Å²) in [6, 6.07) is 14.9. The first-order valence-electron chi connectivity index (χ1n) is 9.53. The number of carbonyl (C=O) groups is 1. The third-order valence-corrected chi connectivity index (χ3v) is 5.12. The number of benzene rings is 2. The van der Waals surface area contributed by atoms with Crippen molar-refractivity contribution in [2.24, 2.45) is 0 Å². The van der Waals surface area contributed by atoms with Gasteiger partial charge in [-0.05, 0) is 48.9 Å². The monoisotopic (exact) mass is 397 g/mol. The molecule has 1 atom stereocenters. The lowest BCUT2D eigenvalue weighted by Crippen LogP contribution is -2.27. The molecule has 0 fully saturated rings. The van der Waals surface area contributed by atoms with E-state index in [9.17, 15) is 4.79 Å². The highest BCUT2D eigenvalue weighted by molar-refractivity contribution is 6.02. The van der Waals surface area contributed by atoms with Crippen molar-refractivity contribution in [3.8, 4) is 11.3 Å². The summed E-state index contributed by atoms with van der Waals surface area (Å²) in [7, 11) is 0. The van der Waals surface area contributed by atoms with Crippen LogP contribution in [0.25, 0.3) is 33.2 Å². The first-order valence-corrected chi connectivity index (χ1v) is 9.53. The predicted molar refractivity (Wildman–Crippen MR) is 116 cm³/mol. The van der Waals surface area contributed by atoms with Crippen molar-refractivity contribution in [3.63, 3.8) is 0 Å². The number of nitrogens with zero attached hydrogens (tertiary/aromatic N) is 3. The molecule has 0 bridgehead atoms. The first kappa shape index (κ1) is 17.9. The lowest BCUT2D eigenvalue weighted by Gasteiger charge is -2.13. The maximum atomic E-state index is 12.7. The molecule has 1 amide bonds. The van der Waals surface area contributed by atoms with Crippen molar-refractivity contribution in [1.82, 2.24) is 30.5 Å². The molecule has 8 heteroatoms. The number of hydrogen-bond acceptors (Lipinski definition) is 5. The standard InChI is InChI=1S/C22H19N7O/c1-12(13-2-4-15(23)5-3-13)25-22(30)21-26-18-10-16-17(11-19(18)27-21)28-29-20(16)14-6-8-24-9-7-14/h2-12,28-29H,23H2,1H3,(H,25,30). The van der Waals surface area contributed by atoms with Gasteiger partial charge >= 0.3 is 0 Å². The number of carbonyl (C=O) groups excluding carboxylic acids is 1. The van der Waals surface area contributed by atoms with Crippen LogP contribution in [0.1, 0.15) is 29.1 Å². The van der Waals surface area contributed by atoms with Crippen molar-refractivity contribution in [2.45, 2.75) is 13.0 Å². The van der Waals surface area contributed by atoms with Gasteiger partial charge in [0.25, 0.3) is 5.91 Å². The lowest BCUT2D eigenvalue weighted by atomic mass is 10.1.